The lowest BCUT2D eigenvalue weighted by molar-refractivity contribution is -0.151. The number of nitrogens with zero attached hydrogens (tertiary/aromatic N) is 3. The Morgan fingerprint density at radius 2 is 1.48 bits per heavy atom. The first-order valence-electron chi connectivity index (χ1n) is 23.0. The zero-order valence-corrected chi connectivity index (χ0v) is 36.3. The smallest absolute Gasteiger partial charge is 0.244 e. The van der Waals surface area contributed by atoms with Gasteiger partial charge in [0.2, 0.25) is 23.6 Å². The topological polar surface area (TPSA) is 176 Å². The second-order valence-corrected chi connectivity index (χ2v) is 17.8. The van der Waals surface area contributed by atoms with E-state index in [1.54, 1.807) is 18.3 Å². The lowest BCUT2D eigenvalue weighted by Gasteiger charge is -2.39. The SMILES string of the molecule is CCCCCCNC(=O)C(Cn1cc(C2(C(=O)C3(C(=O)N[C@H]4C[C@@H]4c4ccccc4)CNCC3C(=O)N[C@H]3C[C@@H]3c3ccccc3)C=CC=CC2)nn1)NC(=O)CCCCCC. The highest BCUT2D eigenvalue weighted by molar-refractivity contribution is 6.15. The van der Waals surface area contributed by atoms with Crippen molar-refractivity contribution in [3.8, 4) is 0 Å². The lowest BCUT2D eigenvalue weighted by Crippen LogP contribution is -2.60. The first-order chi connectivity index (χ1) is 30.2. The van der Waals surface area contributed by atoms with E-state index in [2.05, 4.69) is 62.9 Å². The third-order valence-corrected chi connectivity index (χ3v) is 13.2. The van der Waals surface area contributed by atoms with Gasteiger partial charge < -0.3 is 26.6 Å². The van der Waals surface area contributed by atoms with Gasteiger partial charge in [-0.3, -0.25) is 24.0 Å². The molecule has 62 heavy (non-hydrogen) atoms. The molecular weight excluding hydrogens is 781 g/mol. The Balaban J connectivity index is 1.15. The van der Waals surface area contributed by atoms with Crippen molar-refractivity contribution in [1.29, 1.82) is 0 Å². The van der Waals surface area contributed by atoms with Crippen LogP contribution in [-0.4, -0.2) is 82.2 Å². The number of carbonyl (C=O) groups is 5. The van der Waals surface area contributed by atoms with E-state index in [4.69, 9.17) is 0 Å². The molecule has 2 aromatic carbocycles. The number of amides is 4. The molecule has 2 heterocycles. The number of aromatic nitrogens is 3. The summed E-state index contributed by atoms with van der Waals surface area (Å²) in [6, 6.07) is 18.8. The molecule has 13 nitrogen and oxygen atoms in total. The van der Waals surface area contributed by atoms with Crippen LogP contribution in [0.3, 0.4) is 0 Å². The van der Waals surface area contributed by atoms with Crippen molar-refractivity contribution < 1.29 is 24.0 Å². The van der Waals surface area contributed by atoms with Crippen molar-refractivity contribution in [3.63, 3.8) is 0 Å². The Bertz CT molecular complexity index is 2090. The molecule has 4 amide bonds. The van der Waals surface area contributed by atoms with E-state index in [9.17, 15) is 14.4 Å². The summed E-state index contributed by atoms with van der Waals surface area (Å²) >= 11 is 0. The summed E-state index contributed by atoms with van der Waals surface area (Å²) in [5, 5.41) is 24.6. The molecule has 5 N–H and O–H groups in total. The number of carbonyl (C=O) groups excluding carboxylic acids is 5. The van der Waals surface area contributed by atoms with Crippen molar-refractivity contribution in [2.24, 2.45) is 11.3 Å². The van der Waals surface area contributed by atoms with E-state index in [1.807, 2.05) is 60.7 Å². The van der Waals surface area contributed by atoms with Crippen LogP contribution in [0.1, 0.15) is 120 Å². The Morgan fingerprint density at radius 1 is 0.823 bits per heavy atom. The molecule has 1 aliphatic heterocycles. The van der Waals surface area contributed by atoms with E-state index < -0.39 is 34.5 Å². The van der Waals surface area contributed by atoms with Crippen LogP contribution in [0.2, 0.25) is 0 Å². The largest absolute Gasteiger partial charge is 0.354 e. The second-order valence-electron chi connectivity index (χ2n) is 17.8. The van der Waals surface area contributed by atoms with Gasteiger partial charge in [0, 0.05) is 56.2 Å². The summed E-state index contributed by atoms with van der Waals surface area (Å²) in [6.07, 6.45) is 18.6. The van der Waals surface area contributed by atoms with Crippen LogP contribution in [0, 0.1) is 11.3 Å². The first kappa shape index (κ1) is 44.6. The minimum Gasteiger partial charge on any atom is -0.354 e. The molecule has 4 unspecified atom stereocenters. The number of hydrogen-bond donors (Lipinski definition) is 5. The van der Waals surface area contributed by atoms with Gasteiger partial charge in [-0.2, -0.15) is 0 Å². The third kappa shape index (κ3) is 10.3. The maximum Gasteiger partial charge on any atom is 0.244 e. The van der Waals surface area contributed by atoms with Gasteiger partial charge in [0.1, 0.15) is 17.2 Å². The summed E-state index contributed by atoms with van der Waals surface area (Å²) < 4.78 is 1.49. The molecule has 330 valence electrons. The number of nitrogens with one attached hydrogen (secondary N) is 5. The van der Waals surface area contributed by atoms with Gasteiger partial charge in [0.05, 0.1) is 17.9 Å². The van der Waals surface area contributed by atoms with Gasteiger partial charge in [0.15, 0.2) is 5.78 Å². The van der Waals surface area contributed by atoms with Crippen molar-refractivity contribution >= 4 is 29.4 Å². The fourth-order valence-electron chi connectivity index (χ4n) is 9.37. The zero-order valence-electron chi connectivity index (χ0n) is 36.3. The maximum absolute atomic E-state index is 15.8. The van der Waals surface area contributed by atoms with Crippen LogP contribution in [0.25, 0.3) is 0 Å². The molecule has 13 heteroatoms. The highest BCUT2D eigenvalue weighted by atomic mass is 16.2. The molecule has 8 atom stereocenters. The number of Topliss-reactive ketones (excluding diaryl/α,β-unsaturated/α-hetero) is 1. The summed E-state index contributed by atoms with van der Waals surface area (Å²) in [5.74, 6) is -2.49. The van der Waals surface area contributed by atoms with Gasteiger partial charge in [-0.25, -0.2) is 4.68 Å². The van der Waals surface area contributed by atoms with Gasteiger partial charge in [-0.1, -0.05) is 143 Å². The number of allylic oxidation sites excluding steroid dienone is 4. The quantitative estimate of drug-likeness (QED) is 0.0631. The molecule has 7 rings (SSSR count). The number of hydrogen-bond acceptors (Lipinski definition) is 8. The Kier molecular flexibility index (Phi) is 14.8. The molecule has 4 aliphatic rings. The van der Waals surface area contributed by atoms with Crippen LogP contribution in [0.15, 0.2) is 91.2 Å². The van der Waals surface area contributed by atoms with Gasteiger partial charge >= 0.3 is 0 Å². The van der Waals surface area contributed by atoms with E-state index in [0.29, 0.717) is 18.7 Å². The molecule has 1 aromatic heterocycles. The van der Waals surface area contributed by atoms with E-state index >= 15 is 9.59 Å². The average molecular weight is 845 g/mol. The summed E-state index contributed by atoms with van der Waals surface area (Å²) in [5.41, 5.74) is -0.685. The molecular formula is C49H64N8O5. The normalized spacial score (nSPS) is 26.3. The summed E-state index contributed by atoms with van der Waals surface area (Å²) in [6.45, 7) is 4.85. The monoisotopic (exact) mass is 844 g/mol. The fraction of sp³-hybridized carbons (Fsp3) is 0.531. The van der Waals surface area contributed by atoms with Gasteiger partial charge in [0.25, 0.3) is 0 Å². The van der Waals surface area contributed by atoms with Crippen LogP contribution >= 0.6 is 0 Å². The molecule has 2 saturated carbocycles. The molecule has 3 fully saturated rings. The average Bonchev–Trinajstić information content (AvgIpc) is 4.13. The van der Waals surface area contributed by atoms with E-state index in [1.165, 1.54) is 4.68 Å². The highest BCUT2D eigenvalue weighted by Crippen LogP contribution is 2.48. The number of rotatable bonds is 23. The van der Waals surface area contributed by atoms with E-state index in [-0.39, 0.29) is 67.7 Å². The van der Waals surface area contributed by atoms with Crippen molar-refractivity contribution in [1.82, 2.24) is 41.6 Å². The minimum absolute atomic E-state index is 0.0109. The third-order valence-electron chi connectivity index (χ3n) is 13.2. The predicted octanol–water partition coefficient (Wildman–Crippen LogP) is 5.30. The minimum atomic E-state index is -1.78. The first-order valence-corrected chi connectivity index (χ1v) is 23.0. The van der Waals surface area contributed by atoms with E-state index in [0.717, 1.165) is 75.3 Å². The molecule has 3 aliphatic carbocycles. The van der Waals surface area contributed by atoms with Crippen molar-refractivity contribution in [3.05, 3.63) is 108 Å². The predicted molar refractivity (Wildman–Crippen MR) is 238 cm³/mol. The van der Waals surface area contributed by atoms with Crippen molar-refractivity contribution in [2.45, 2.75) is 133 Å². The molecule has 1 saturated heterocycles. The van der Waals surface area contributed by atoms with Gasteiger partial charge in [-0.05, 0) is 43.2 Å². The summed E-state index contributed by atoms with van der Waals surface area (Å²) in [4.78, 5) is 72.0. The number of unbranched alkanes of at least 4 members (excludes halogenated alkanes) is 6. The fourth-order valence-corrected chi connectivity index (χ4v) is 9.37. The van der Waals surface area contributed by atoms with Crippen LogP contribution in [0.4, 0.5) is 0 Å². The zero-order chi connectivity index (χ0) is 43.5. The standard InChI is InChI=1S/C49H64N8O5/c1-3-5-7-16-24-43(58)52-41(45(60)51-27-19-8-6-4-2)31-57-32-42(55-56-57)48(25-17-11-18-26-48)46(61)49(47(62)54-40-29-37(40)35-22-14-10-15-23-35)33-50-30-38(49)44(59)53-39-28-36(39)34-20-12-9-13-21-34/h9-15,17-18,20-23,25,32,36-41,50H,3-8,16,19,24,26-31,33H2,1-2H3,(H,51,60)(H,52,58)(H,53,59)(H,54,62)/t36-,37-,38?,39+,40+,41?,48?,49?/m1/s1. The molecule has 0 spiro atoms. The van der Waals surface area contributed by atoms with Crippen LogP contribution in [0.5, 0.6) is 0 Å². The number of benzene rings is 2. The summed E-state index contributed by atoms with van der Waals surface area (Å²) in [7, 11) is 0. The molecule has 3 aromatic rings. The lowest BCUT2D eigenvalue weighted by atomic mass is 9.61. The molecule has 0 bridgehead atoms. The Morgan fingerprint density at radius 3 is 2.13 bits per heavy atom. The highest BCUT2D eigenvalue weighted by Gasteiger charge is 2.64. The van der Waals surface area contributed by atoms with Crippen LogP contribution in [-0.2, 0) is 35.9 Å². The number of ketones is 1. The Labute approximate surface area is 365 Å². The van der Waals surface area contributed by atoms with Crippen LogP contribution < -0.4 is 26.6 Å². The Hall–Kier alpha value is -5.43. The molecule has 0 radical (unpaired) electrons. The maximum atomic E-state index is 15.8. The second kappa shape index (κ2) is 20.6. The van der Waals surface area contributed by atoms with Crippen molar-refractivity contribution in [2.75, 3.05) is 19.6 Å². The van der Waals surface area contributed by atoms with Gasteiger partial charge in [-0.15, -0.1) is 5.10 Å².